The number of hydrogen-bond acceptors (Lipinski definition) is 5. The molecule has 1 aliphatic carbocycles. The van der Waals surface area contributed by atoms with Gasteiger partial charge in [0.05, 0.1) is 18.4 Å². The Balaban J connectivity index is 1.85. The summed E-state index contributed by atoms with van der Waals surface area (Å²) in [5.74, 6) is 0.444. The van der Waals surface area contributed by atoms with Crippen LogP contribution in [0.3, 0.4) is 0 Å². The maximum atomic E-state index is 11.4. The van der Waals surface area contributed by atoms with Gasteiger partial charge in [0.15, 0.2) is 0 Å². The van der Waals surface area contributed by atoms with E-state index in [4.69, 9.17) is 0 Å². The van der Waals surface area contributed by atoms with Gasteiger partial charge in [0, 0.05) is 19.1 Å². The van der Waals surface area contributed by atoms with Crippen molar-refractivity contribution in [3.8, 4) is 0 Å². The summed E-state index contributed by atoms with van der Waals surface area (Å²) < 4.78 is 4.68. The van der Waals surface area contributed by atoms with Crippen molar-refractivity contribution in [1.29, 1.82) is 0 Å². The average molecular weight is 249 g/mol. The van der Waals surface area contributed by atoms with E-state index in [1.54, 1.807) is 19.1 Å². The van der Waals surface area contributed by atoms with E-state index in [0.717, 1.165) is 24.9 Å². The molecule has 1 aliphatic rings. The summed E-state index contributed by atoms with van der Waals surface area (Å²) in [6.07, 6.45) is 2.59. The number of hydrogen-bond donors (Lipinski definition) is 2. The Morgan fingerprint density at radius 2 is 2.22 bits per heavy atom. The third-order valence-electron chi connectivity index (χ3n) is 2.93. The molecule has 2 rings (SSSR count). The highest BCUT2D eigenvalue weighted by molar-refractivity contribution is 5.90. The maximum absolute atomic E-state index is 11.4. The highest BCUT2D eigenvalue weighted by atomic mass is 16.5. The van der Waals surface area contributed by atoms with Crippen LogP contribution in [-0.4, -0.2) is 37.2 Å². The van der Waals surface area contributed by atoms with E-state index in [9.17, 15) is 4.79 Å². The number of nitrogens with one attached hydrogen (secondary N) is 2. The van der Waals surface area contributed by atoms with E-state index >= 15 is 0 Å². The SMILES string of the molecule is COC(=O)c1ccc(NCCNC2CC2)nc1C. The normalized spacial score (nSPS) is 14.3. The fourth-order valence-corrected chi connectivity index (χ4v) is 1.74. The first-order valence-electron chi connectivity index (χ1n) is 6.24. The Morgan fingerprint density at radius 3 is 2.83 bits per heavy atom. The van der Waals surface area contributed by atoms with E-state index in [1.165, 1.54) is 20.0 Å². The molecule has 0 bridgehead atoms. The Labute approximate surface area is 107 Å². The van der Waals surface area contributed by atoms with Crippen LogP contribution < -0.4 is 10.6 Å². The van der Waals surface area contributed by atoms with Crippen LogP contribution in [0.1, 0.15) is 28.9 Å². The molecule has 0 radical (unpaired) electrons. The standard InChI is InChI=1S/C13H19N3O2/c1-9-11(13(17)18-2)5-6-12(16-9)15-8-7-14-10-3-4-10/h5-6,10,14H,3-4,7-8H2,1-2H3,(H,15,16). The molecule has 0 atom stereocenters. The molecule has 1 saturated carbocycles. The average Bonchev–Trinajstić information content (AvgIpc) is 3.18. The van der Waals surface area contributed by atoms with Gasteiger partial charge in [-0.25, -0.2) is 9.78 Å². The van der Waals surface area contributed by atoms with Crippen LogP contribution in [0.2, 0.25) is 0 Å². The first kappa shape index (κ1) is 12.8. The Morgan fingerprint density at radius 1 is 1.44 bits per heavy atom. The Kier molecular flexibility index (Phi) is 4.15. The second-order valence-corrected chi connectivity index (χ2v) is 4.48. The van der Waals surface area contributed by atoms with Gasteiger partial charge in [-0.1, -0.05) is 0 Å². The summed E-state index contributed by atoms with van der Waals surface area (Å²) >= 11 is 0. The van der Waals surface area contributed by atoms with Gasteiger partial charge in [-0.2, -0.15) is 0 Å². The van der Waals surface area contributed by atoms with Crippen molar-refractivity contribution in [2.24, 2.45) is 0 Å². The van der Waals surface area contributed by atoms with E-state index in [-0.39, 0.29) is 5.97 Å². The number of carbonyl (C=O) groups excluding carboxylic acids is 1. The van der Waals surface area contributed by atoms with Crippen molar-refractivity contribution in [2.75, 3.05) is 25.5 Å². The molecule has 98 valence electrons. The zero-order valence-corrected chi connectivity index (χ0v) is 10.8. The van der Waals surface area contributed by atoms with E-state index < -0.39 is 0 Å². The second-order valence-electron chi connectivity index (χ2n) is 4.48. The van der Waals surface area contributed by atoms with Gasteiger partial charge in [-0.15, -0.1) is 0 Å². The zero-order chi connectivity index (χ0) is 13.0. The number of anilines is 1. The summed E-state index contributed by atoms with van der Waals surface area (Å²) in [7, 11) is 1.37. The Hall–Kier alpha value is -1.62. The van der Waals surface area contributed by atoms with Gasteiger partial charge >= 0.3 is 5.97 Å². The van der Waals surface area contributed by atoms with Gasteiger partial charge in [0.1, 0.15) is 5.82 Å². The topological polar surface area (TPSA) is 63.2 Å². The largest absolute Gasteiger partial charge is 0.465 e. The molecule has 0 amide bonds. The van der Waals surface area contributed by atoms with Gasteiger partial charge in [-0.3, -0.25) is 0 Å². The van der Waals surface area contributed by atoms with Crippen LogP contribution in [0.5, 0.6) is 0 Å². The maximum Gasteiger partial charge on any atom is 0.339 e. The number of carbonyl (C=O) groups is 1. The van der Waals surface area contributed by atoms with Crippen molar-refractivity contribution in [2.45, 2.75) is 25.8 Å². The quantitative estimate of drug-likeness (QED) is 0.588. The fourth-order valence-electron chi connectivity index (χ4n) is 1.74. The lowest BCUT2D eigenvalue weighted by Gasteiger charge is -2.09. The third-order valence-corrected chi connectivity index (χ3v) is 2.93. The van der Waals surface area contributed by atoms with Gasteiger partial charge in [0.2, 0.25) is 0 Å². The molecule has 5 heteroatoms. The van der Waals surface area contributed by atoms with Crippen molar-refractivity contribution >= 4 is 11.8 Å². The van der Waals surface area contributed by atoms with Crippen LogP contribution in [-0.2, 0) is 4.74 Å². The number of esters is 1. The lowest BCUT2D eigenvalue weighted by molar-refractivity contribution is 0.0599. The zero-order valence-electron chi connectivity index (χ0n) is 10.8. The molecular weight excluding hydrogens is 230 g/mol. The molecule has 1 aromatic heterocycles. The molecule has 0 aliphatic heterocycles. The summed E-state index contributed by atoms with van der Waals surface area (Å²) in [6, 6.07) is 4.27. The third kappa shape index (κ3) is 3.43. The van der Waals surface area contributed by atoms with Crippen molar-refractivity contribution < 1.29 is 9.53 Å². The predicted molar refractivity (Wildman–Crippen MR) is 69.8 cm³/mol. The first-order valence-corrected chi connectivity index (χ1v) is 6.24. The van der Waals surface area contributed by atoms with Crippen LogP contribution in [0, 0.1) is 6.92 Å². The lowest BCUT2D eigenvalue weighted by atomic mass is 10.2. The number of nitrogens with zero attached hydrogens (tertiary/aromatic N) is 1. The number of ether oxygens (including phenoxy) is 1. The van der Waals surface area contributed by atoms with E-state index in [0.29, 0.717) is 11.3 Å². The molecule has 2 N–H and O–H groups in total. The molecule has 1 heterocycles. The number of aromatic nitrogens is 1. The van der Waals surface area contributed by atoms with Gasteiger partial charge in [0.25, 0.3) is 0 Å². The molecule has 1 fully saturated rings. The summed E-state index contributed by atoms with van der Waals surface area (Å²) in [5, 5.41) is 6.64. The highest BCUT2D eigenvalue weighted by Crippen LogP contribution is 2.18. The number of pyridine rings is 1. The molecule has 18 heavy (non-hydrogen) atoms. The first-order chi connectivity index (χ1) is 8.70. The summed E-state index contributed by atoms with van der Waals surface area (Å²) in [6.45, 7) is 3.57. The minimum atomic E-state index is -0.345. The summed E-state index contributed by atoms with van der Waals surface area (Å²) in [5.41, 5.74) is 1.20. The number of methoxy groups -OCH3 is 1. The van der Waals surface area contributed by atoms with Crippen molar-refractivity contribution in [3.05, 3.63) is 23.4 Å². The van der Waals surface area contributed by atoms with E-state index in [2.05, 4.69) is 20.4 Å². The van der Waals surface area contributed by atoms with Crippen LogP contribution >= 0.6 is 0 Å². The highest BCUT2D eigenvalue weighted by Gasteiger charge is 2.19. The molecule has 0 unspecified atom stereocenters. The molecule has 0 saturated heterocycles. The molecule has 5 nitrogen and oxygen atoms in total. The molecule has 0 spiro atoms. The second kappa shape index (κ2) is 5.82. The van der Waals surface area contributed by atoms with Gasteiger partial charge in [-0.05, 0) is 31.9 Å². The molecule has 0 aromatic carbocycles. The minimum absolute atomic E-state index is 0.345. The van der Waals surface area contributed by atoms with Crippen LogP contribution in [0.15, 0.2) is 12.1 Å². The van der Waals surface area contributed by atoms with Crippen LogP contribution in [0.25, 0.3) is 0 Å². The fraction of sp³-hybridized carbons (Fsp3) is 0.538. The smallest absolute Gasteiger partial charge is 0.339 e. The predicted octanol–water partition coefficient (Wildman–Crippen LogP) is 1.34. The van der Waals surface area contributed by atoms with Crippen molar-refractivity contribution in [1.82, 2.24) is 10.3 Å². The lowest BCUT2D eigenvalue weighted by Crippen LogP contribution is -2.24. The van der Waals surface area contributed by atoms with E-state index in [1.807, 2.05) is 0 Å². The summed E-state index contributed by atoms with van der Waals surface area (Å²) in [4.78, 5) is 15.7. The molecular formula is C13H19N3O2. The number of rotatable bonds is 6. The Bertz CT molecular complexity index is 430. The van der Waals surface area contributed by atoms with Gasteiger partial charge < -0.3 is 15.4 Å². The molecule has 1 aromatic rings. The monoisotopic (exact) mass is 249 g/mol. The van der Waals surface area contributed by atoms with Crippen molar-refractivity contribution in [3.63, 3.8) is 0 Å². The number of aryl methyl sites for hydroxylation is 1. The minimum Gasteiger partial charge on any atom is -0.465 e. The van der Waals surface area contributed by atoms with Crippen LogP contribution in [0.4, 0.5) is 5.82 Å².